The van der Waals surface area contributed by atoms with Gasteiger partial charge in [-0.1, -0.05) is 31.2 Å². The van der Waals surface area contributed by atoms with Crippen LogP contribution in [0.2, 0.25) is 0 Å². The minimum absolute atomic E-state index is 0.0139. The van der Waals surface area contributed by atoms with Crippen LogP contribution in [0.25, 0.3) is 0 Å². The topological polar surface area (TPSA) is 45.8 Å². The van der Waals surface area contributed by atoms with Gasteiger partial charge in [-0.25, -0.2) is 5.01 Å². The maximum Gasteiger partial charge on any atom is 0.243 e. The van der Waals surface area contributed by atoms with Gasteiger partial charge in [-0.2, -0.15) is 5.10 Å². The fourth-order valence-electron chi connectivity index (χ4n) is 2.66. The molecular formula is C17H18N2O2. The first-order valence-corrected chi connectivity index (χ1v) is 7.19. The van der Waals surface area contributed by atoms with Crippen LogP contribution >= 0.6 is 0 Å². The highest BCUT2D eigenvalue weighted by molar-refractivity contribution is 6.04. The second kappa shape index (κ2) is 5.56. The standard InChI is InChI=1S/C17H18N2O2/c1-3-17(20)19-15(16-9-6-10-21-16)11-14(18-19)13-8-5-4-7-12(13)2/h4-10,15H,3,11H2,1-2H3/t15-/m0/s1. The smallest absolute Gasteiger partial charge is 0.243 e. The van der Waals surface area contributed by atoms with Gasteiger partial charge < -0.3 is 4.42 Å². The highest BCUT2D eigenvalue weighted by Crippen LogP contribution is 2.33. The maximum atomic E-state index is 12.2. The molecule has 3 rings (SSSR count). The van der Waals surface area contributed by atoms with Gasteiger partial charge in [0, 0.05) is 18.4 Å². The van der Waals surface area contributed by atoms with Crippen molar-refractivity contribution in [1.82, 2.24) is 5.01 Å². The molecule has 2 heterocycles. The zero-order valence-corrected chi connectivity index (χ0v) is 12.2. The molecule has 1 aliphatic rings. The number of carbonyl (C=O) groups is 1. The summed E-state index contributed by atoms with van der Waals surface area (Å²) in [5, 5.41) is 6.14. The van der Waals surface area contributed by atoms with Crippen LogP contribution in [0.15, 0.2) is 52.2 Å². The summed E-state index contributed by atoms with van der Waals surface area (Å²) in [4.78, 5) is 12.2. The summed E-state index contributed by atoms with van der Waals surface area (Å²) in [5.41, 5.74) is 3.21. The van der Waals surface area contributed by atoms with E-state index in [0.29, 0.717) is 12.8 Å². The van der Waals surface area contributed by atoms with E-state index < -0.39 is 0 Å². The Hall–Kier alpha value is -2.36. The van der Waals surface area contributed by atoms with Crippen molar-refractivity contribution in [3.8, 4) is 0 Å². The first-order chi connectivity index (χ1) is 10.2. The second-order valence-corrected chi connectivity index (χ2v) is 5.19. The number of hydrogen-bond acceptors (Lipinski definition) is 3. The molecule has 1 aromatic carbocycles. The molecule has 1 amide bonds. The molecule has 0 aliphatic carbocycles. The van der Waals surface area contributed by atoms with Crippen LogP contribution in [-0.4, -0.2) is 16.6 Å². The van der Waals surface area contributed by atoms with Crippen molar-refractivity contribution in [3.63, 3.8) is 0 Å². The van der Waals surface area contributed by atoms with Crippen molar-refractivity contribution in [3.05, 3.63) is 59.5 Å². The van der Waals surface area contributed by atoms with Crippen molar-refractivity contribution in [2.45, 2.75) is 32.7 Å². The van der Waals surface area contributed by atoms with Crippen LogP contribution in [-0.2, 0) is 4.79 Å². The molecule has 21 heavy (non-hydrogen) atoms. The summed E-state index contributed by atoms with van der Waals surface area (Å²) in [6.45, 7) is 3.91. The minimum atomic E-state index is -0.137. The first kappa shape index (κ1) is 13.6. The summed E-state index contributed by atoms with van der Waals surface area (Å²) < 4.78 is 5.49. The lowest BCUT2D eigenvalue weighted by Crippen LogP contribution is -2.25. The molecule has 1 atom stereocenters. The molecule has 0 fully saturated rings. The van der Waals surface area contributed by atoms with Crippen molar-refractivity contribution < 1.29 is 9.21 Å². The Balaban J connectivity index is 1.97. The van der Waals surface area contributed by atoms with Crippen molar-refractivity contribution in [2.24, 2.45) is 5.10 Å². The number of aryl methyl sites for hydroxylation is 1. The van der Waals surface area contributed by atoms with E-state index in [1.165, 1.54) is 5.56 Å². The van der Waals surface area contributed by atoms with E-state index in [0.717, 1.165) is 17.0 Å². The molecule has 0 saturated carbocycles. The predicted octanol–water partition coefficient (Wildman–Crippen LogP) is 3.68. The zero-order valence-electron chi connectivity index (χ0n) is 12.2. The van der Waals surface area contributed by atoms with Crippen LogP contribution in [0.5, 0.6) is 0 Å². The van der Waals surface area contributed by atoms with Gasteiger partial charge in [0.1, 0.15) is 11.8 Å². The Kier molecular flexibility index (Phi) is 3.60. The summed E-state index contributed by atoms with van der Waals surface area (Å²) in [5.74, 6) is 0.795. The van der Waals surface area contributed by atoms with Crippen molar-refractivity contribution in [1.29, 1.82) is 0 Å². The lowest BCUT2D eigenvalue weighted by atomic mass is 9.99. The predicted molar refractivity (Wildman–Crippen MR) is 80.9 cm³/mol. The van der Waals surface area contributed by atoms with Gasteiger partial charge in [-0.3, -0.25) is 4.79 Å². The number of rotatable bonds is 3. The Morgan fingerprint density at radius 2 is 2.14 bits per heavy atom. The largest absolute Gasteiger partial charge is 0.467 e. The molecule has 0 N–H and O–H groups in total. The quantitative estimate of drug-likeness (QED) is 0.862. The minimum Gasteiger partial charge on any atom is -0.467 e. The highest BCUT2D eigenvalue weighted by Gasteiger charge is 2.34. The summed E-state index contributed by atoms with van der Waals surface area (Å²) >= 11 is 0. The Labute approximate surface area is 124 Å². The first-order valence-electron chi connectivity index (χ1n) is 7.19. The van der Waals surface area contributed by atoms with Gasteiger partial charge in [-0.15, -0.1) is 0 Å². The fraction of sp³-hybridized carbons (Fsp3) is 0.294. The number of benzene rings is 1. The van der Waals surface area contributed by atoms with Crippen LogP contribution in [0.4, 0.5) is 0 Å². The van der Waals surface area contributed by atoms with Gasteiger partial charge >= 0.3 is 0 Å². The lowest BCUT2D eigenvalue weighted by molar-refractivity contribution is -0.133. The van der Waals surface area contributed by atoms with E-state index in [4.69, 9.17) is 4.42 Å². The SMILES string of the molecule is CCC(=O)N1N=C(c2ccccc2C)C[C@H]1c1ccco1. The molecule has 108 valence electrons. The van der Waals surface area contributed by atoms with Gasteiger partial charge in [-0.05, 0) is 24.6 Å². The van der Waals surface area contributed by atoms with Crippen LogP contribution < -0.4 is 0 Å². The molecule has 1 aliphatic heterocycles. The van der Waals surface area contributed by atoms with E-state index in [2.05, 4.69) is 18.1 Å². The van der Waals surface area contributed by atoms with Crippen LogP contribution in [0, 0.1) is 6.92 Å². The van der Waals surface area contributed by atoms with E-state index >= 15 is 0 Å². The van der Waals surface area contributed by atoms with E-state index in [1.807, 2.05) is 37.3 Å². The Morgan fingerprint density at radius 1 is 1.33 bits per heavy atom. The van der Waals surface area contributed by atoms with Crippen LogP contribution in [0.1, 0.15) is 42.7 Å². The Morgan fingerprint density at radius 3 is 2.81 bits per heavy atom. The Bertz CT molecular complexity index is 674. The van der Waals surface area contributed by atoms with Crippen LogP contribution in [0.3, 0.4) is 0 Å². The molecule has 4 heteroatoms. The van der Waals surface area contributed by atoms with E-state index in [-0.39, 0.29) is 11.9 Å². The van der Waals surface area contributed by atoms with Crippen molar-refractivity contribution in [2.75, 3.05) is 0 Å². The second-order valence-electron chi connectivity index (χ2n) is 5.19. The number of hydrazone groups is 1. The highest BCUT2D eigenvalue weighted by atomic mass is 16.3. The molecule has 2 aromatic rings. The summed E-state index contributed by atoms with van der Waals surface area (Å²) in [6, 6.07) is 11.7. The third-order valence-electron chi connectivity index (χ3n) is 3.80. The summed E-state index contributed by atoms with van der Waals surface area (Å²) in [7, 11) is 0. The number of nitrogens with zero attached hydrogens (tertiary/aromatic N) is 2. The number of furan rings is 1. The monoisotopic (exact) mass is 282 g/mol. The molecule has 4 nitrogen and oxygen atoms in total. The third-order valence-corrected chi connectivity index (χ3v) is 3.80. The van der Waals surface area contributed by atoms with Gasteiger partial charge in [0.15, 0.2) is 0 Å². The number of carbonyl (C=O) groups excluding carboxylic acids is 1. The number of hydrogen-bond donors (Lipinski definition) is 0. The molecule has 0 radical (unpaired) electrons. The van der Waals surface area contributed by atoms with Crippen molar-refractivity contribution >= 4 is 11.6 Å². The molecular weight excluding hydrogens is 264 g/mol. The third kappa shape index (κ3) is 2.49. The average Bonchev–Trinajstić information content (AvgIpc) is 3.15. The average molecular weight is 282 g/mol. The van der Waals surface area contributed by atoms with E-state index in [1.54, 1.807) is 11.3 Å². The molecule has 0 saturated heterocycles. The molecule has 0 bridgehead atoms. The fourth-order valence-corrected chi connectivity index (χ4v) is 2.66. The van der Waals surface area contributed by atoms with Gasteiger partial charge in [0.2, 0.25) is 5.91 Å². The summed E-state index contributed by atoms with van der Waals surface area (Å²) in [6.07, 6.45) is 2.75. The molecule has 0 spiro atoms. The molecule has 0 unspecified atom stereocenters. The molecule has 1 aromatic heterocycles. The van der Waals surface area contributed by atoms with Gasteiger partial charge in [0.25, 0.3) is 0 Å². The normalized spacial score (nSPS) is 17.9. The lowest BCUT2D eigenvalue weighted by Gasteiger charge is -2.18. The van der Waals surface area contributed by atoms with E-state index in [9.17, 15) is 4.79 Å². The van der Waals surface area contributed by atoms with Gasteiger partial charge in [0.05, 0.1) is 12.0 Å². The maximum absolute atomic E-state index is 12.2. The zero-order chi connectivity index (χ0) is 14.8. The number of amides is 1.